The first-order chi connectivity index (χ1) is 6.70. The molecule has 0 radical (unpaired) electrons. The van der Waals surface area contributed by atoms with Crippen molar-refractivity contribution in [2.75, 3.05) is 0 Å². The van der Waals surface area contributed by atoms with E-state index in [1.165, 1.54) is 24.8 Å². The maximum absolute atomic E-state index is 3.68. The summed E-state index contributed by atoms with van der Waals surface area (Å²) in [5.41, 5.74) is 1.88. The minimum Gasteiger partial charge on any atom is -0.309 e. The maximum atomic E-state index is 3.68. The highest BCUT2D eigenvalue weighted by molar-refractivity contribution is 5.21. The van der Waals surface area contributed by atoms with Gasteiger partial charge in [-0.1, -0.05) is 44.2 Å². The Morgan fingerprint density at radius 2 is 1.86 bits per heavy atom. The molecule has 0 saturated heterocycles. The smallest absolute Gasteiger partial charge is 0.0225 e. The molecule has 1 saturated carbocycles. The topological polar surface area (TPSA) is 12.0 Å². The van der Waals surface area contributed by atoms with Gasteiger partial charge in [-0.2, -0.15) is 0 Å². The monoisotopic (exact) mass is 189 g/mol. The molecule has 1 aliphatic carbocycles. The minimum absolute atomic E-state index is 0.426. The zero-order valence-electron chi connectivity index (χ0n) is 9.09. The van der Waals surface area contributed by atoms with Gasteiger partial charge in [0.05, 0.1) is 0 Å². The highest BCUT2D eigenvalue weighted by Crippen LogP contribution is 2.38. The fourth-order valence-electron chi connectivity index (χ4n) is 2.12. The largest absolute Gasteiger partial charge is 0.309 e. The molecule has 0 aromatic heterocycles. The maximum Gasteiger partial charge on any atom is 0.0225 e. The van der Waals surface area contributed by atoms with Crippen molar-refractivity contribution in [3.8, 4) is 0 Å². The van der Waals surface area contributed by atoms with Gasteiger partial charge in [0, 0.05) is 11.6 Å². The molecule has 1 N–H and O–H groups in total. The van der Waals surface area contributed by atoms with E-state index < -0.39 is 0 Å². The third-order valence-electron chi connectivity index (χ3n) is 2.83. The third kappa shape index (κ3) is 2.36. The van der Waals surface area contributed by atoms with Gasteiger partial charge in [-0.25, -0.2) is 0 Å². The number of nitrogens with one attached hydrogen (secondary N) is 1. The summed E-state index contributed by atoms with van der Waals surface area (Å²) in [6.07, 6.45) is 3.85. The van der Waals surface area contributed by atoms with Crippen LogP contribution in [0.2, 0.25) is 0 Å². The van der Waals surface area contributed by atoms with Crippen LogP contribution < -0.4 is 5.32 Å². The molecule has 1 aromatic rings. The molecule has 0 aliphatic heterocycles. The lowest BCUT2D eigenvalue weighted by Gasteiger charge is -2.20. The Bertz CT molecular complexity index is 285. The van der Waals surface area contributed by atoms with Gasteiger partial charge < -0.3 is 5.32 Å². The van der Waals surface area contributed by atoms with E-state index in [1.54, 1.807) is 0 Å². The van der Waals surface area contributed by atoms with Crippen molar-refractivity contribution in [3.05, 3.63) is 35.9 Å². The normalized spacial score (nSPS) is 18.5. The molecule has 0 amide bonds. The van der Waals surface area contributed by atoms with Gasteiger partial charge in [0.1, 0.15) is 0 Å². The third-order valence-corrected chi connectivity index (χ3v) is 2.83. The van der Waals surface area contributed by atoms with Gasteiger partial charge in [0.2, 0.25) is 0 Å². The molecular formula is C13H19N. The summed E-state index contributed by atoms with van der Waals surface area (Å²) < 4.78 is 0. The molecule has 1 aliphatic rings. The second kappa shape index (κ2) is 3.74. The Labute approximate surface area is 86.5 Å². The van der Waals surface area contributed by atoms with E-state index in [0.29, 0.717) is 11.6 Å². The number of rotatable bonds is 4. The Morgan fingerprint density at radius 1 is 1.21 bits per heavy atom. The van der Waals surface area contributed by atoms with Crippen LogP contribution in [0.4, 0.5) is 0 Å². The summed E-state index contributed by atoms with van der Waals surface area (Å²) in [4.78, 5) is 0. The van der Waals surface area contributed by atoms with Gasteiger partial charge in [0.25, 0.3) is 0 Å². The Hall–Kier alpha value is -0.820. The number of hydrogen-bond acceptors (Lipinski definition) is 1. The van der Waals surface area contributed by atoms with E-state index in [4.69, 9.17) is 0 Å². The summed E-state index contributed by atoms with van der Waals surface area (Å²) in [6, 6.07) is 11.4. The van der Waals surface area contributed by atoms with Crippen molar-refractivity contribution < 1.29 is 0 Å². The predicted octanol–water partition coefficient (Wildman–Crippen LogP) is 2.76. The molecule has 0 unspecified atom stereocenters. The van der Waals surface area contributed by atoms with Crippen molar-refractivity contribution in [3.63, 3.8) is 0 Å². The second-order valence-electron chi connectivity index (χ2n) is 4.74. The molecule has 1 aromatic carbocycles. The fourth-order valence-corrected chi connectivity index (χ4v) is 2.12. The van der Waals surface area contributed by atoms with Crippen LogP contribution in [0.25, 0.3) is 0 Å². The van der Waals surface area contributed by atoms with Gasteiger partial charge in [-0.05, 0) is 24.8 Å². The Balaban J connectivity index is 1.98. The highest BCUT2D eigenvalue weighted by Gasteiger charge is 2.42. The summed E-state index contributed by atoms with van der Waals surface area (Å²) in [6.45, 7) is 4.45. The summed E-state index contributed by atoms with van der Waals surface area (Å²) in [7, 11) is 0. The molecule has 0 heterocycles. The lowest BCUT2D eigenvalue weighted by atomic mass is 10.0. The lowest BCUT2D eigenvalue weighted by molar-refractivity contribution is 0.444. The zero-order valence-corrected chi connectivity index (χ0v) is 9.09. The average molecular weight is 189 g/mol. The molecule has 0 bridgehead atoms. The van der Waals surface area contributed by atoms with Crippen LogP contribution in [-0.2, 0) is 6.42 Å². The summed E-state index contributed by atoms with van der Waals surface area (Å²) in [5, 5.41) is 3.68. The number of hydrogen-bond donors (Lipinski definition) is 1. The molecular weight excluding hydrogens is 170 g/mol. The molecule has 0 spiro atoms. The summed E-state index contributed by atoms with van der Waals surface area (Å²) in [5.74, 6) is 0. The van der Waals surface area contributed by atoms with E-state index in [9.17, 15) is 0 Å². The second-order valence-corrected chi connectivity index (χ2v) is 4.74. The highest BCUT2D eigenvalue weighted by atomic mass is 15.0. The van der Waals surface area contributed by atoms with Crippen LogP contribution in [0, 0.1) is 0 Å². The molecule has 1 nitrogen and oxygen atoms in total. The van der Waals surface area contributed by atoms with Crippen LogP contribution in [0.15, 0.2) is 30.3 Å². The van der Waals surface area contributed by atoms with Crippen LogP contribution in [0.1, 0.15) is 32.3 Å². The minimum atomic E-state index is 0.426. The molecule has 76 valence electrons. The van der Waals surface area contributed by atoms with Crippen LogP contribution >= 0.6 is 0 Å². The standard InChI is InChI=1S/C13H19N/c1-11(2)14-13(8-9-13)10-12-6-4-3-5-7-12/h3-7,11,14H,8-10H2,1-2H3. The van der Waals surface area contributed by atoms with Crippen LogP contribution in [0.5, 0.6) is 0 Å². The van der Waals surface area contributed by atoms with E-state index in [1.807, 2.05) is 0 Å². The lowest BCUT2D eigenvalue weighted by Crippen LogP contribution is -2.38. The fraction of sp³-hybridized carbons (Fsp3) is 0.538. The average Bonchev–Trinajstić information content (AvgIpc) is 2.85. The zero-order chi connectivity index (χ0) is 10.0. The summed E-state index contributed by atoms with van der Waals surface area (Å²) >= 11 is 0. The van der Waals surface area contributed by atoms with Gasteiger partial charge in [-0.3, -0.25) is 0 Å². The molecule has 1 heteroatoms. The number of benzene rings is 1. The Morgan fingerprint density at radius 3 is 2.36 bits per heavy atom. The van der Waals surface area contributed by atoms with Crippen molar-refractivity contribution in [2.24, 2.45) is 0 Å². The first-order valence-corrected chi connectivity index (χ1v) is 5.52. The quantitative estimate of drug-likeness (QED) is 0.768. The molecule has 2 rings (SSSR count). The first-order valence-electron chi connectivity index (χ1n) is 5.52. The van der Waals surface area contributed by atoms with Crippen molar-refractivity contribution >= 4 is 0 Å². The SMILES string of the molecule is CC(C)NC1(Cc2ccccc2)CC1. The first kappa shape index (κ1) is 9.72. The van der Waals surface area contributed by atoms with E-state index >= 15 is 0 Å². The van der Waals surface area contributed by atoms with E-state index in [-0.39, 0.29) is 0 Å². The van der Waals surface area contributed by atoms with Crippen molar-refractivity contribution in [2.45, 2.75) is 44.7 Å². The van der Waals surface area contributed by atoms with E-state index in [2.05, 4.69) is 49.5 Å². The Kier molecular flexibility index (Phi) is 2.60. The molecule has 0 atom stereocenters. The van der Waals surface area contributed by atoms with E-state index in [0.717, 1.165) is 0 Å². The van der Waals surface area contributed by atoms with Crippen LogP contribution in [-0.4, -0.2) is 11.6 Å². The van der Waals surface area contributed by atoms with Crippen LogP contribution in [0.3, 0.4) is 0 Å². The van der Waals surface area contributed by atoms with Gasteiger partial charge in [0.15, 0.2) is 0 Å². The van der Waals surface area contributed by atoms with Crippen molar-refractivity contribution in [1.82, 2.24) is 5.32 Å². The van der Waals surface area contributed by atoms with Gasteiger partial charge in [-0.15, -0.1) is 0 Å². The van der Waals surface area contributed by atoms with Crippen molar-refractivity contribution in [1.29, 1.82) is 0 Å². The molecule has 1 fully saturated rings. The van der Waals surface area contributed by atoms with Gasteiger partial charge >= 0.3 is 0 Å². The molecule has 14 heavy (non-hydrogen) atoms. The predicted molar refractivity (Wildman–Crippen MR) is 60.4 cm³/mol.